The molecule has 0 aliphatic carbocycles. The number of carbonyl (C=O) groups is 1. The van der Waals surface area contributed by atoms with Crippen molar-refractivity contribution >= 4 is 44.3 Å². The molecule has 0 aliphatic heterocycles. The van der Waals surface area contributed by atoms with Crippen LogP contribution in [-0.4, -0.2) is 43.1 Å². The van der Waals surface area contributed by atoms with Gasteiger partial charge in [0.2, 0.25) is 0 Å². The van der Waals surface area contributed by atoms with Gasteiger partial charge in [0.05, 0.1) is 15.2 Å². The largest absolute Gasteiger partial charge is 0.360 e. The summed E-state index contributed by atoms with van der Waals surface area (Å²) < 4.78 is 0.976. The highest BCUT2D eigenvalue weighted by molar-refractivity contribution is 7.22. The number of hydrogen-bond acceptors (Lipinski definition) is 4. The summed E-state index contributed by atoms with van der Waals surface area (Å²) in [5, 5.41) is 7.46. The Hall–Kier alpha value is -1.53. The summed E-state index contributed by atoms with van der Waals surface area (Å²) in [6.45, 7) is 1.16. The van der Waals surface area contributed by atoms with E-state index in [1.807, 2.05) is 18.2 Å². The van der Waals surface area contributed by atoms with Crippen LogP contribution in [0.5, 0.6) is 0 Å². The predicted octanol–water partition coefficient (Wildman–Crippen LogP) is 2.63. The molecule has 19 heavy (non-hydrogen) atoms. The molecule has 1 aromatic heterocycles. The van der Waals surface area contributed by atoms with Crippen molar-refractivity contribution in [1.82, 2.24) is 15.2 Å². The third-order valence-electron chi connectivity index (χ3n) is 2.45. The second kappa shape index (κ2) is 6.08. The van der Waals surface area contributed by atoms with E-state index in [4.69, 9.17) is 11.6 Å². The SMILES string of the molecule is CN(C)C(=O)NCCNc1nc2cccc(Cl)c2s1. The maximum absolute atomic E-state index is 11.3. The Labute approximate surface area is 120 Å². The molecule has 0 radical (unpaired) electrons. The normalized spacial score (nSPS) is 10.5. The molecule has 0 atom stereocenters. The Kier molecular flexibility index (Phi) is 4.44. The second-order valence-electron chi connectivity index (χ2n) is 4.16. The van der Waals surface area contributed by atoms with E-state index in [0.29, 0.717) is 18.1 Å². The minimum atomic E-state index is -0.103. The predicted molar refractivity (Wildman–Crippen MR) is 80.2 cm³/mol. The topological polar surface area (TPSA) is 57.3 Å². The molecule has 2 amide bonds. The number of thiazole rings is 1. The molecule has 0 bridgehead atoms. The number of fused-ring (bicyclic) bond motifs is 1. The van der Waals surface area contributed by atoms with Crippen molar-refractivity contribution in [3.63, 3.8) is 0 Å². The molecule has 0 saturated carbocycles. The number of nitrogens with one attached hydrogen (secondary N) is 2. The third kappa shape index (κ3) is 3.48. The van der Waals surface area contributed by atoms with Gasteiger partial charge in [0, 0.05) is 27.2 Å². The number of rotatable bonds is 4. The Morgan fingerprint density at radius 3 is 2.89 bits per heavy atom. The number of hydrogen-bond donors (Lipinski definition) is 2. The van der Waals surface area contributed by atoms with E-state index < -0.39 is 0 Å². The summed E-state index contributed by atoms with van der Waals surface area (Å²) in [6, 6.07) is 5.56. The molecule has 0 fully saturated rings. The molecule has 2 aromatic rings. The van der Waals surface area contributed by atoms with Crippen molar-refractivity contribution in [3.05, 3.63) is 23.2 Å². The fourth-order valence-corrected chi connectivity index (χ4v) is 2.67. The van der Waals surface area contributed by atoms with Gasteiger partial charge in [-0.1, -0.05) is 29.0 Å². The molecule has 7 heteroatoms. The first-order valence-corrected chi connectivity index (χ1v) is 7.01. The van der Waals surface area contributed by atoms with Crippen LogP contribution < -0.4 is 10.6 Å². The lowest BCUT2D eigenvalue weighted by molar-refractivity contribution is 0.218. The zero-order valence-corrected chi connectivity index (χ0v) is 12.3. The summed E-state index contributed by atoms with van der Waals surface area (Å²) >= 11 is 7.60. The van der Waals surface area contributed by atoms with Crippen LogP contribution >= 0.6 is 22.9 Å². The lowest BCUT2D eigenvalue weighted by Gasteiger charge is -2.11. The Morgan fingerprint density at radius 2 is 2.21 bits per heavy atom. The van der Waals surface area contributed by atoms with Crippen molar-refractivity contribution in [2.24, 2.45) is 0 Å². The fourth-order valence-electron chi connectivity index (χ4n) is 1.49. The monoisotopic (exact) mass is 298 g/mol. The molecule has 0 saturated heterocycles. The third-order valence-corrected chi connectivity index (χ3v) is 3.94. The highest BCUT2D eigenvalue weighted by Crippen LogP contribution is 2.31. The van der Waals surface area contributed by atoms with Gasteiger partial charge in [0.15, 0.2) is 5.13 Å². The number of benzene rings is 1. The van der Waals surface area contributed by atoms with Crippen LogP contribution in [0.4, 0.5) is 9.93 Å². The van der Waals surface area contributed by atoms with Crippen molar-refractivity contribution < 1.29 is 4.79 Å². The van der Waals surface area contributed by atoms with Crippen LogP contribution in [0.2, 0.25) is 5.02 Å². The molecule has 0 spiro atoms. The van der Waals surface area contributed by atoms with Crippen LogP contribution in [-0.2, 0) is 0 Å². The minimum Gasteiger partial charge on any atom is -0.360 e. The van der Waals surface area contributed by atoms with Crippen molar-refractivity contribution in [2.75, 3.05) is 32.5 Å². The number of carbonyl (C=O) groups excluding carboxylic acids is 1. The molecule has 102 valence electrons. The number of nitrogens with zero attached hydrogens (tertiary/aromatic N) is 2. The molecule has 1 heterocycles. The zero-order chi connectivity index (χ0) is 13.8. The van der Waals surface area contributed by atoms with Crippen molar-refractivity contribution in [3.8, 4) is 0 Å². The molecule has 2 rings (SSSR count). The van der Waals surface area contributed by atoms with Gasteiger partial charge in [-0.25, -0.2) is 9.78 Å². The molecule has 1 aromatic carbocycles. The average Bonchev–Trinajstić information content (AvgIpc) is 2.78. The standard InChI is InChI=1S/C12H15ClN4OS/c1-17(2)12(18)15-7-6-14-11-16-9-5-3-4-8(13)10(9)19-11/h3-5H,6-7H2,1-2H3,(H,14,16)(H,15,18). The average molecular weight is 299 g/mol. The van der Waals surface area contributed by atoms with Crippen LogP contribution in [0, 0.1) is 0 Å². The highest BCUT2D eigenvalue weighted by Gasteiger charge is 2.06. The van der Waals surface area contributed by atoms with Crippen molar-refractivity contribution in [1.29, 1.82) is 0 Å². The van der Waals surface area contributed by atoms with E-state index in [1.54, 1.807) is 14.1 Å². The number of aromatic nitrogens is 1. The van der Waals surface area contributed by atoms with Crippen LogP contribution in [0.15, 0.2) is 18.2 Å². The van der Waals surface area contributed by atoms with Gasteiger partial charge < -0.3 is 15.5 Å². The lowest BCUT2D eigenvalue weighted by Crippen LogP contribution is -2.37. The van der Waals surface area contributed by atoms with E-state index >= 15 is 0 Å². The lowest BCUT2D eigenvalue weighted by atomic mass is 10.3. The first-order valence-electron chi connectivity index (χ1n) is 5.82. The molecular formula is C12H15ClN4OS. The van der Waals surface area contributed by atoms with Crippen LogP contribution in [0.1, 0.15) is 0 Å². The fraction of sp³-hybridized carbons (Fsp3) is 0.333. The summed E-state index contributed by atoms with van der Waals surface area (Å²) in [4.78, 5) is 17.2. The van der Waals surface area contributed by atoms with Crippen LogP contribution in [0.25, 0.3) is 10.2 Å². The Morgan fingerprint density at radius 1 is 1.42 bits per heavy atom. The van der Waals surface area contributed by atoms with E-state index in [-0.39, 0.29) is 6.03 Å². The zero-order valence-electron chi connectivity index (χ0n) is 10.7. The minimum absolute atomic E-state index is 0.103. The maximum atomic E-state index is 11.3. The van der Waals surface area contributed by atoms with Gasteiger partial charge in [-0.05, 0) is 12.1 Å². The first kappa shape index (κ1) is 13.9. The van der Waals surface area contributed by atoms with E-state index in [0.717, 1.165) is 15.3 Å². The van der Waals surface area contributed by atoms with Gasteiger partial charge >= 0.3 is 6.03 Å². The van der Waals surface area contributed by atoms with Gasteiger partial charge in [-0.3, -0.25) is 0 Å². The molecule has 0 unspecified atom stereocenters. The number of amides is 2. The van der Waals surface area contributed by atoms with Gasteiger partial charge in [-0.2, -0.15) is 0 Å². The van der Waals surface area contributed by atoms with E-state index in [1.165, 1.54) is 16.2 Å². The van der Waals surface area contributed by atoms with E-state index in [9.17, 15) is 4.79 Å². The smallest absolute Gasteiger partial charge is 0.316 e. The summed E-state index contributed by atoms with van der Waals surface area (Å²) in [7, 11) is 3.41. The number of halogens is 1. The Balaban J connectivity index is 1.88. The number of anilines is 1. The van der Waals surface area contributed by atoms with Crippen LogP contribution in [0.3, 0.4) is 0 Å². The quantitative estimate of drug-likeness (QED) is 0.853. The summed E-state index contributed by atoms with van der Waals surface area (Å²) in [5.74, 6) is 0. The Bertz CT molecular complexity index is 584. The van der Waals surface area contributed by atoms with Gasteiger partial charge in [0.25, 0.3) is 0 Å². The molecule has 2 N–H and O–H groups in total. The highest BCUT2D eigenvalue weighted by atomic mass is 35.5. The second-order valence-corrected chi connectivity index (χ2v) is 5.57. The maximum Gasteiger partial charge on any atom is 0.316 e. The van der Waals surface area contributed by atoms with Gasteiger partial charge in [0.1, 0.15) is 0 Å². The summed E-state index contributed by atoms with van der Waals surface area (Å²) in [5.41, 5.74) is 0.886. The first-order chi connectivity index (χ1) is 9.08. The molecular weight excluding hydrogens is 284 g/mol. The number of urea groups is 1. The van der Waals surface area contributed by atoms with Crippen molar-refractivity contribution in [2.45, 2.75) is 0 Å². The molecule has 5 nitrogen and oxygen atoms in total. The van der Waals surface area contributed by atoms with Gasteiger partial charge in [-0.15, -0.1) is 0 Å². The molecule has 0 aliphatic rings. The van der Waals surface area contributed by atoms with E-state index in [2.05, 4.69) is 15.6 Å². The summed E-state index contributed by atoms with van der Waals surface area (Å²) in [6.07, 6.45) is 0.